The number of para-hydroxylation sites is 1. The third kappa shape index (κ3) is 4.88. The molecule has 0 bridgehead atoms. The molecule has 0 radical (unpaired) electrons. The number of anilines is 1. The first-order valence-electron chi connectivity index (χ1n) is 9.14. The molecule has 0 saturated carbocycles. The van der Waals surface area contributed by atoms with Crippen LogP contribution in [0.1, 0.15) is 12.8 Å². The van der Waals surface area contributed by atoms with Gasteiger partial charge in [-0.25, -0.2) is 8.42 Å². The summed E-state index contributed by atoms with van der Waals surface area (Å²) in [5.41, 5.74) is 0.743. The number of ether oxygens (including phenoxy) is 1. The molecule has 3 rings (SSSR count). The molecule has 9 heteroatoms. The number of carbonyl (C=O) groups is 1. The highest BCUT2D eigenvalue weighted by atomic mass is 35.5. The highest BCUT2D eigenvalue weighted by molar-refractivity contribution is 7.98. The monoisotopic (exact) mass is 454 g/mol. The standard InChI is InChI=1S/C20H23ClN2O4S2/c1-27-18-10-9-15(12-16(18)21)29(25,26)23-11-5-6-14(13-23)20(24)22-17-7-3-4-8-19(17)28-2/h3-4,7-10,12,14H,5-6,11,13H2,1-2H3,(H,22,24)/t14-/m1/s1. The number of hydrogen-bond acceptors (Lipinski definition) is 5. The Morgan fingerprint density at radius 1 is 1.28 bits per heavy atom. The van der Waals surface area contributed by atoms with Crippen molar-refractivity contribution in [1.82, 2.24) is 4.31 Å². The molecule has 156 valence electrons. The average molecular weight is 455 g/mol. The van der Waals surface area contributed by atoms with E-state index in [2.05, 4.69) is 5.32 Å². The van der Waals surface area contributed by atoms with Gasteiger partial charge in [0.1, 0.15) is 5.75 Å². The van der Waals surface area contributed by atoms with E-state index in [9.17, 15) is 13.2 Å². The molecule has 1 amide bonds. The number of amides is 1. The Bertz CT molecular complexity index is 998. The molecule has 1 N–H and O–H groups in total. The van der Waals surface area contributed by atoms with Gasteiger partial charge in [0.25, 0.3) is 0 Å². The molecule has 1 atom stereocenters. The normalized spacial score (nSPS) is 17.7. The molecule has 0 aliphatic carbocycles. The fraction of sp³-hybridized carbons (Fsp3) is 0.350. The first-order valence-corrected chi connectivity index (χ1v) is 12.2. The number of methoxy groups -OCH3 is 1. The zero-order valence-corrected chi connectivity index (χ0v) is 18.6. The molecule has 0 unspecified atom stereocenters. The number of thioether (sulfide) groups is 1. The number of benzene rings is 2. The minimum absolute atomic E-state index is 0.0945. The maximum atomic E-state index is 13.1. The Labute approximate surface area is 180 Å². The molecule has 6 nitrogen and oxygen atoms in total. The van der Waals surface area contributed by atoms with Crippen molar-refractivity contribution >= 4 is 45.0 Å². The van der Waals surface area contributed by atoms with Gasteiger partial charge in [-0.15, -0.1) is 11.8 Å². The lowest BCUT2D eigenvalue weighted by Crippen LogP contribution is -2.43. The van der Waals surface area contributed by atoms with E-state index in [1.165, 1.54) is 29.6 Å². The second-order valence-corrected chi connectivity index (χ2v) is 9.88. The van der Waals surface area contributed by atoms with Gasteiger partial charge < -0.3 is 10.1 Å². The SMILES string of the molecule is COc1ccc(S(=O)(=O)N2CCC[C@@H](C(=O)Nc3ccccc3SC)C2)cc1Cl. The molecular weight excluding hydrogens is 432 g/mol. The van der Waals surface area contributed by atoms with Gasteiger partial charge in [-0.05, 0) is 49.4 Å². The van der Waals surface area contributed by atoms with Gasteiger partial charge in [-0.1, -0.05) is 23.7 Å². The van der Waals surface area contributed by atoms with Crippen LogP contribution in [0.15, 0.2) is 52.3 Å². The molecule has 2 aromatic carbocycles. The Hall–Kier alpha value is -1.74. The van der Waals surface area contributed by atoms with E-state index in [1.54, 1.807) is 11.8 Å². The van der Waals surface area contributed by atoms with E-state index in [4.69, 9.17) is 16.3 Å². The van der Waals surface area contributed by atoms with E-state index >= 15 is 0 Å². The fourth-order valence-electron chi connectivity index (χ4n) is 3.31. The minimum Gasteiger partial charge on any atom is -0.495 e. The van der Waals surface area contributed by atoms with Gasteiger partial charge in [-0.2, -0.15) is 4.31 Å². The zero-order chi connectivity index (χ0) is 21.0. The van der Waals surface area contributed by atoms with Crippen LogP contribution in [-0.4, -0.2) is 45.1 Å². The summed E-state index contributed by atoms with van der Waals surface area (Å²) in [4.78, 5) is 13.9. The van der Waals surface area contributed by atoms with Crippen molar-refractivity contribution in [3.05, 3.63) is 47.5 Å². The lowest BCUT2D eigenvalue weighted by molar-refractivity contribution is -0.120. The van der Waals surface area contributed by atoms with Crippen LogP contribution in [0.25, 0.3) is 0 Å². The summed E-state index contributed by atoms with van der Waals surface area (Å²) >= 11 is 7.65. The first kappa shape index (κ1) is 22.0. The van der Waals surface area contributed by atoms with Crippen LogP contribution >= 0.6 is 23.4 Å². The third-order valence-corrected chi connectivity index (χ3v) is 7.83. The Kier molecular flexibility index (Phi) is 7.10. The average Bonchev–Trinajstić information content (AvgIpc) is 2.74. The van der Waals surface area contributed by atoms with Gasteiger partial charge >= 0.3 is 0 Å². The van der Waals surface area contributed by atoms with E-state index < -0.39 is 15.9 Å². The predicted molar refractivity (Wildman–Crippen MR) is 116 cm³/mol. The predicted octanol–water partition coefficient (Wildman–Crippen LogP) is 4.11. The molecule has 0 spiro atoms. The summed E-state index contributed by atoms with van der Waals surface area (Å²) in [5, 5.41) is 3.18. The van der Waals surface area contributed by atoms with Crippen molar-refractivity contribution in [3.63, 3.8) is 0 Å². The first-order chi connectivity index (χ1) is 13.9. The summed E-state index contributed by atoms with van der Waals surface area (Å²) in [6.07, 6.45) is 3.20. The van der Waals surface area contributed by atoms with Crippen LogP contribution in [0.4, 0.5) is 5.69 Å². The van der Waals surface area contributed by atoms with E-state index in [1.807, 2.05) is 30.5 Å². The van der Waals surface area contributed by atoms with Crippen molar-refractivity contribution in [3.8, 4) is 5.75 Å². The molecule has 2 aromatic rings. The molecular formula is C20H23ClN2O4S2. The molecule has 1 aliphatic rings. The highest BCUT2D eigenvalue weighted by Crippen LogP contribution is 2.31. The van der Waals surface area contributed by atoms with Crippen LogP contribution < -0.4 is 10.1 Å². The van der Waals surface area contributed by atoms with Crippen LogP contribution in [0.2, 0.25) is 5.02 Å². The molecule has 29 heavy (non-hydrogen) atoms. The molecule has 1 fully saturated rings. The fourth-order valence-corrected chi connectivity index (χ4v) is 5.74. The maximum Gasteiger partial charge on any atom is 0.243 e. The number of piperidine rings is 1. The molecule has 1 heterocycles. The zero-order valence-electron chi connectivity index (χ0n) is 16.2. The summed E-state index contributed by atoms with van der Waals surface area (Å²) in [5.74, 6) is -0.171. The number of hydrogen-bond donors (Lipinski definition) is 1. The minimum atomic E-state index is -3.75. The van der Waals surface area contributed by atoms with Crippen molar-refractivity contribution in [2.24, 2.45) is 5.92 Å². The second-order valence-electron chi connectivity index (χ2n) is 6.69. The van der Waals surface area contributed by atoms with Gasteiger partial charge in [0.15, 0.2) is 0 Å². The topological polar surface area (TPSA) is 75.7 Å². The molecule has 1 aliphatic heterocycles. The van der Waals surface area contributed by atoms with Gasteiger partial charge in [0, 0.05) is 18.0 Å². The quantitative estimate of drug-likeness (QED) is 0.665. The lowest BCUT2D eigenvalue weighted by Gasteiger charge is -2.31. The van der Waals surface area contributed by atoms with Crippen molar-refractivity contribution in [2.75, 3.05) is 31.8 Å². The van der Waals surface area contributed by atoms with Gasteiger partial charge in [0.05, 0.1) is 28.6 Å². The smallest absolute Gasteiger partial charge is 0.243 e. The van der Waals surface area contributed by atoms with Crippen LogP contribution in [-0.2, 0) is 14.8 Å². The Morgan fingerprint density at radius 2 is 2.03 bits per heavy atom. The number of nitrogens with one attached hydrogen (secondary N) is 1. The number of carbonyl (C=O) groups excluding carboxylic acids is 1. The van der Waals surface area contributed by atoms with E-state index in [0.717, 1.165) is 10.6 Å². The van der Waals surface area contributed by atoms with Crippen molar-refractivity contribution in [2.45, 2.75) is 22.6 Å². The van der Waals surface area contributed by atoms with Crippen molar-refractivity contribution in [1.29, 1.82) is 0 Å². The number of rotatable bonds is 6. The van der Waals surface area contributed by atoms with Crippen molar-refractivity contribution < 1.29 is 17.9 Å². The van der Waals surface area contributed by atoms with Crippen LogP contribution in [0.5, 0.6) is 5.75 Å². The number of sulfonamides is 1. The summed E-state index contributed by atoms with van der Waals surface area (Å²) in [7, 11) is -2.28. The lowest BCUT2D eigenvalue weighted by atomic mass is 9.99. The number of halogens is 1. The Balaban J connectivity index is 1.76. The Morgan fingerprint density at radius 3 is 2.72 bits per heavy atom. The summed E-state index contributed by atoms with van der Waals surface area (Å²) in [6, 6.07) is 11.9. The van der Waals surface area contributed by atoms with Gasteiger partial charge in [-0.3, -0.25) is 4.79 Å². The van der Waals surface area contributed by atoms with E-state index in [0.29, 0.717) is 25.1 Å². The summed E-state index contributed by atoms with van der Waals surface area (Å²) < 4.78 is 32.6. The molecule has 1 saturated heterocycles. The number of nitrogens with zero attached hydrogens (tertiary/aromatic N) is 1. The molecule has 0 aromatic heterocycles. The van der Waals surface area contributed by atoms with E-state index in [-0.39, 0.29) is 22.4 Å². The van der Waals surface area contributed by atoms with Gasteiger partial charge in [0.2, 0.25) is 15.9 Å². The maximum absolute atomic E-state index is 13.1. The summed E-state index contributed by atoms with van der Waals surface area (Å²) in [6.45, 7) is 0.510. The highest BCUT2D eigenvalue weighted by Gasteiger charge is 2.33. The second kappa shape index (κ2) is 9.38. The van der Waals surface area contributed by atoms with Crippen LogP contribution in [0.3, 0.4) is 0 Å². The third-order valence-electron chi connectivity index (χ3n) is 4.88. The largest absolute Gasteiger partial charge is 0.495 e. The van der Waals surface area contributed by atoms with Crippen LogP contribution in [0, 0.1) is 5.92 Å².